The van der Waals surface area contributed by atoms with Crippen molar-refractivity contribution in [2.45, 2.75) is 74.3 Å². The summed E-state index contributed by atoms with van der Waals surface area (Å²) < 4.78 is 41.8. The van der Waals surface area contributed by atoms with Crippen molar-refractivity contribution in [1.29, 1.82) is 0 Å². The fourth-order valence-corrected chi connectivity index (χ4v) is 4.45. The molecular formula is C30H39Cl3N2O13. The lowest BCUT2D eigenvalue weighted by atomic mass is 9.96. The second-order valence-electron chi connectivity index (χ2n) is 10.2. The Morgan fingerprint density at radius 1 is 0.938 bits per heavy atom. The first-order valence-electron chi connectivity index (χ1n) is 14.6. The summed E-state index contributed by atoms with van der Waals surface area (Å²) in [5, 5.41) is 5.13. The lowest BCUT2D eigenvalue weighted by Crippen LogP contribution is -2.67. The monoisotopic (exact) mass is 740 g/mol. The predicted octanol–water partition coefficient (Wildman–Crippen LogP) is 3.51. The molecule has 0 bridgehead atoms. The van der Waals surface area contributed by atoms with Gasteiger partial charge in [0.25, 0.3) is 0 Å². The van der Waals surface area contributed by atoms with Crippen molar-refractivity contribution in [3.63, 3.8) is 0 Å². The minimum atomic E-state index is -1.95. The van der Waals surface area contributed by atoms with Gasteiger partial charge in [-0.25, -0.2) is 9.59 Å². The fraction of sp³-hybridized carbons (Fsp3) is 0.567. The Hall–Kier alpha value is -3.34. The molecule has 0 spiro atoms. The van der Waals surface area contributed by atoms with Crippen LogP contribution in [0.4, 0.5) is 9.59 Å². The molecule has 48 heavy (non-hydrogen) atoms. The van der Waals surface area contributed by atoms with E-state index in [1.165, 1.54) is 6.08 Å². The molecule has 1 fully saturated rings. The van der Waals surface area contributed by atoms with Crippen LogP contribution < -0.4 is 10.6 Å². The van der Waals surface area contributed by atoms with Gasteiger partial charge in [-0.05, 0) is 12.0 Å². The molecular weight excluding hydrogens is 703 g/mol. The molecule has 18 heteroatoms. The molecule has 1 aromatic rings. The molecule has 1 aliphatic rings. The van der Waals surface area contributed by atoms with Gasteiger partial charge >= 0.3 is 30.1 Å². The summed E-state index contributed by atoms with van der Waals surface area (Å²) in [5.74, 6) is -2.29. The molecule has 0 saturated carbocycles. The number of ether oxygens (including phenoxy) is 8. The number of nitrogens with one attached hydrogen (secondary N) is 2. The Labute approximate surface area is 292 Å². The Balaban J connectivity index is 2.30. The summed E-state index contributed by atoms with van der Waals surface area (Å²) >= 11 is 17.1. The molecule has 1 heterocycles. The highest BCUT2D eigenvalue weighted by Crippen LogP contribution is 2.29. The van der Waals surface area contributed by atoms with Crippen molar-refractivity contribution >= 4 is 64.9 Å². The first kappa shape index (κ1) is 40.8. The standard InChI is InChI=1S/C30H39Cl3N2O13/c1-5-12-43-28(39)34-22(15-41-14-21-9-7-6-8-10-21)11-13-42-27-24(35-29(40)45-17-30(31,32)33)26(47-20(4)38)25(46-19(3)37)23(48-27)16-44-18(2)36/h5-10,22-27H,1,11-17H2,2-4H3,(H,34,39)(H,35,40)/t22-,23+,24+,25+,26+,27?/m0/s1. The predicted molar refractivity (Wildman–Crippen MR) is 170 cm³/mol. The topological polar surface area (TPSA) is 183 Å². The summed E-state index contributed by atoms with van der Waals surface area (Å²) in [7, 11) is 0. The number of alkyl carbamates (subject to hydrolysis) is 2. The number of benzene rings is 1. The zero-order chi connectivity index (χ0) is 35.7. The molecule has 0 aromatic heterocycles. The Bertz CT molecular complexity index is 1220. The molecule has 2 rings (SSSR count). The zero-order valence-electron chi connectivity index (χ0n) is 26.5. The van der Waals surface area contributed by atoms with E-state index in [1.54, 1.807) is 0 Å². The van der Waals surface area contributed by atoms with Crippen LogP contribution in [0, 0.1) is 0 Å². The van der Waals surface area contributed by atoms with Gasteiger partial charge in [0.2, 0.25) is 3.79 Å². The van der Waals surface area contributed by atoms with Crippen molar-refractivity contribution in [2.75, 3.05) is 33.0 Å². The summed E-state index contributed by atoms with van der Waals surface area (Å²) in [5.41, 5.74) is 0.908. The normalized spacial score (nSPS) is 21.2. The third-order valence-electron chi connectivity index (χ3n) is 6.19. The number of esters is 3. The summed E-state index contributed by atoms with van der Waals surface area (Å²) in [6.45, 7) is 5.91. The van der Waals surface area contributed by atoms with Gasteiger partial charge in [0.05, 0.1) is 25.9 Å². The summed E-state index contributed by atoms with van der Waals surface area (Å²) in [6, 6.07) is 7.34. The number of halogens is 3. The highest BCUT2D eigenvalue weighted by Gasteiger charge is 2.52. The molecule has 0 radical (unpaired) electrons. The number of alkyl halides is 3. The molecule has 2 amide bonds. The second kappa shape index (κ2) is 20.9. The van der Waals surface area contributed by atoms with E-state index in [1.807, 2.05) is 30.3 Å². The van der Waals surface area contributed by atoms with Crippen molar-refractivity contribution in [3.05, 3.63) is 48.6 Å². The van der Waals surface area contributed by atoms with Crippen LogP contribution in [0.1, 0.15) is 32.8 Å². The van der Waals surface area contributed by atoms with Crippen molar-refractivity contribution in [2.24, 2.45) is 0 Å². The minimum Gasteiger partial charge on any atom is -0.463 e. The summed E-state index contributed by atoms with van der Waals surface area (Å²) in [4.78, 5) is 61.0. The first-order valence-corrected chi connectivity index (χ1v) is 15.7. The van der Waals surface area contributed by atoms with Crippen LogP contribution in [0.15, 0.2) is 43.0 Å². The molecule has 15 nitrogen and oxygen atoms in total. The highest BCUT2D eigenvalue weighted by atomic mass is 35.6. The van der Waals surface area contributed by atoms with Crippen LogP contribution in [0.3, 0.4) is 0 Å². The third-order valence-corrected chi connectivity index (χ3v) is 6.51. The smallest absolute Gasteiger partial charge is 0.407 e. The van der Waals surface area contributed by atoms with Gasteiger partial charge in [-0.1, -0.05) is 77.8 Å². The second-order valence-corrected chi connectivity index (χ2v) is 12.8. The molecule has 1 saturated heterocycles. The van der Waals surface area contributed by atoms with Gasteiger partial charge in [-0.2, -0.15) is 0 Å². The number of hydrogen-bond donors (Lipinski definition) is 2. The van der Waals surface area contributed by atoms with E-state index in [0.717, 1.165) is 26.3 Å². The van der Waals surface area contributed by atoms with E-state index in [0.29, 0.717) is 0 Å². The molecule has 0 aliphatic carbocycles. The van der Waals surface area contributed by atoms with Crippen LogP contribution in [0.2, 0.25) is 0 Å². The van der Waals surface area contributed by atoms with E-state index in [4.69, 9.17) is 72.7 Å². The third kappa shape index (κ3) is 16.2. The minimum absolute atomic E-state index is 0.0255. The Morgan fingerprint density at radius 3 is 2.21 bits per heavy atom. The zero-order valence-corrected chi connectivity index (χ0v) is 28.8. The van der Waals surface area contributed by atoms with Crippen LogP contribution in [-0.2, 0) is 58.9 Å². The number of hydrogen-bond acceptors (Lipinski definition) is 13. The van der Waals surface area contributed by atoms with Crippen LogP contribution >= 0.6 is 34.8 Å². The van der Waals surface area contributed by atoms with Crippen molar-refractivity contribution in [3.8, 4) is 0 Å². The van der Waals surface area contributed by atoms with Crippen molar-refractivity contribution in [1.82, 2.24) is 10.6 Å². The molecule has 2 N–H and O–H groups in total. The molecule has 1 aliphatic heterocycles. The number of amides is 2. The Morgan fingerprint density at radius 2 is 1.60 bits per heavy atom. The van der Waals surface area contributed by atoms with Gasteiger partial charge < -0.3 is 48.5 Å². The highest BCUT2D eigenvalue weighted by molar-refractivity contribution is 6.67. The van der Waals surface area contributed by atoms with Gasteiger partial charge in [0, 0.05) is 20.8 Å². The molecule has 268 valence electrons. The van der Waals surface area contributed by atoms with Crippen LogP contribution in [0.5, 0.6) is 0 Å². The van der Waals surface area contributed by atoms with E-state index < -0.39 is 83.8 Å². The quantitative estimate of drug-likeness (QED) is 0.103. The number of carbonyl (C=O) groups excluding carboxylic acids is 5. The fourth-order valence-electron chi connectivity index (χ4n) is 4.28. The van der Waals surface area contributed by atoms with Gasteiger partial charge in [0.1, 0.15) is 32.0 Å². The van der Waals surface area contributed by atoms with Gasteiger partial charge in [-0.15, -0.1) is 0 Å². The maximum atomic E-state index is 12.8. The maximum Gasteiger partial charge on any atom is 0.407 e. The van der Waals surface area contributed by atoms with Crippen LogP contribution in [0.25, 0.3) is 0 Å². The number of carbonyl (C=O) groups is 5. The lowest BCUT2D eigenvalue weighted by Gasteiger charge is -2.44. The average Bonchev–Trinajstić information content (AvgIpc) is 3.00. The molecule has 6 atom stereocenters. The SMILES string of the molecule is C=CCOC(=O)N[C@@H](CCOC1O[C@H](COC(C)=O)[C@@H](OC(C)=O)[C@H](OC(C)=O)[C@H]1NC(=O)OCC(Cl)(Cl)Cl)COCc1ccccc1. The van der Waals surface area contributed by atoms with Crippen molar-refractivity contribution < 1.29 is 61.9 Å². The average molecular weight is 742 g/mol. The van der Waals surface area contributed by atoms with Gasteiger partial charge in [-0.3, -0.25) is 14.4 Å². The van der Waals surface area contributed by atoms with Crippen LogP contribution in [-0.4, -0.2) is 104 Å². The maximum absolute atomic E-state index is 12.8. The van der Waals surface area contributed by atoms with Gasteiger partial charge in [0.15, 0.2) is 18.5 Å². The van der Waals surface area contributed by atoms with E-state index in [-0.39, 0.29) is 32.8 Å². The number of rotatable bonds is 17. The van der Waals surface area contributed by atoms with E-state index in [9.17, 15) is 24.0 Å². The molecule has 1 unspecified atom stereocenters. The summed E-state index contributed by atoms with van der Waals surface area (Å²) in [6.07, 6.45) is -5.80. The lowest BCUT2D eigenvalue weighted by molar-refractivity contribution is -0.277. The molecule has 1 aromatic carbocycles. The van der Waals surface area contributed by atoms with E-state index >= 15 is 0 Å². The largest absolute Gasteiger partial charge is 0.463 e. The first-order chi connectivity index (χ1) is 22.7. The Kier molecular flexibility index (Phi) is 17.8. The van der Waals surface area contributed by atoms with E-state index in [2.05, 4.69) is 17.2 Å².